The van der Waals surface area contributed by atoms with Gasteiger partial charge in [-0.05, 0) is 23.1 Å². The first-order chi connectivity index (χ1) is 8.08. The molecule has 0 fully saturated rings. The summed E-state index contributed by atoms with van der Waals surface area (Å²) in [4.78, 5) is 11.0. The number of benzene rings is 1. The normalized spacial score (nSPS) is 10.2. The van der Waals surface area contributed by atoms with Crippen molar-refractivity contribution in [2.75, 3.05) is 14.2 Å². The van der Waals surface area contributed by atoms with Gasteiger partial charge in [0.05, 0.1) is 14.2 Å². The van der Waals surface area contributed by atoms with E-state index in [2.05, 4.69) is 23.9 Å². The molecule has 94 valence electrons. The van der Waals surface area contributed by atoms with Crippen LogP contribution in [0, 0.1) is 0 Å². The second-order valence-corrected chi connectivity index (χ2v) is 4.08. The lowest BCUT2D eigenvalue weighted by Gasteiger charge is -2.13. The highest BCUT2D eigenvalue weighted by Gasteiger charge is 2.08. The van der Waals surface area contributed by atoms with Crippen molar-refractivity contribution >= 4 is 6.09 Å². The van der Waals surface area contributed by atoms with Gasteiger partial charge in [0.2, 0.25) is 0 Å². The Kier molecular flexibility index (Phi) is 4.82. The summed E-state index contributed by atoms with van der Waals surface area (Å²) < 4.78 is 9.82. The summed E-state index contributed by atoms with van der Waals surface area (Å²) in [7, 11) is 3.01. The van der Waals surface area contributed by atoms with E-state index in [0.29, 0.717) is 12.5 Å². The molecule has 0 radical (unpaired) electrons. The van der Waals surface area contributed by atoms with Gasteiger partial charge >= 0.3 is 6.09 Å². The number of hydrogen-bond donors (Lipinski definition) is 1. The maximum atomic E-state index is 11.0. The Morgan fingerprint density at radius 3 is 2.59 bits per heavy atom. The summed E-state index contributed by atoms with van der Waals surface area (Å²) in [5, 5.41) is 2.65. The molecule has 0 spiro atoms. The van der Waals surface area contributed by atoms with Gasteiger partial charge in [0, 0.05) is 6.54 Å². The molecule has 0 aliphatic heterocycles. The molecule has 0 aliphatic rings. The van der Waals surface area contributed by atoms with E-state index in [1.807, 2.05) is 18.2 Å². The van der Waals surface area contributed by atoms with Crippen LogP contribution in [-0.4, -0.2) is 20.3 Å². The van der Waals surface area contributed by atoms with Crippen LogP contribution in [0.3, 0.4) is 0 Å². The highest BCUT2D eigenvalue weighted by molar-refractivity contribution is 5.66. The lowest BCUT2D eigenvalue weighted by atomic mass is 9.99. The highest BCUT2D eigenvalue weighted by Crippen LogP contribution is 2.27. The van der Waals surface area contributed by atoms with E-state index in [1.165, 1.54) is 7.11 Å². The van der Waals surface area contributed by atoms with Gasteiger partial charge in [-0.25, -0.2) is 4.79 Å². The fraction of sp³-hybridized carbons (Fsp3) is 0.462. The molecule has 1 aromatic rings. The topological polar surface area (TPSA) is 47.6 Å². The van der Waals surface area contributed by atoms with Crippen molar-refractivity contribution in [3.63, 3.8) is 0 Å². The molecule has 0 aromatic heterocycles. The van der Waals surface area contributed by atoms with Gasteiger partial charge in [0.15, 0.2) is 0 Å². The van der Waals surface area contributed by atoms with E-state index < -0.39 is 6.09 Å². The number of ether oxygens (including phenoxy) is 2. The molecule has 1 amide bonds. The molecule has 17 heavy (non-hydrogen) atoms. The maximum Gasteiger partial charge on any atom is 0.407 e. The fourth-order valence-corrected chi connectivity index (χ4v) is 1.59. The monoisotopic (exact) mass is 237 g/mol. The maximum absolute atomic E-state index is 11.0. The van der Waals surface area contributed by atoms with Crippen LogP contribution in [0.4, 0.5) is 4.79 Å². The van der Waals surface area contributed by atoms with Crippen molar-refractivity contribution in [3.8, 4) is 5.75 Å². The summed E-state index contributed by atoms with van der Waals surface area (Å²) in [6, 6.07) is 5.89. The first-order valence-electron chi connectivity index (χ1n) is 5.57. The summed E-state index contributed by atoms with van der Waals surface area (Å²) >= 11 is 0. The molecule has 0 atom stereocenters. The Morgan fingerprint density at radius 2 is 2.06 bits per heavy atom. The molecule has 0 saturated heterocycles. The standard InChI is InChI=1S/C13H19NO3/c1-9(2)11-7-10(5-6-12(11)16-3)8-14-13(15)17-4/h5-7,9H,8H2,1-4H3,(H,14,15). The number of carbonyl (C=O) groups is 1. The predicted molar refractivity (Wildman–Crippen MR) is 66.3 cm³/mol. The van der Waals surface area contributed by atoms with Crippen LogP contribution in [0.2, 0.25) is 0 Å². The van der Waals surface area contributed by atoms with Crippen molar-refractivity contribution in [1.82, 2.24) is 5.32 Å². The van der Waals surface area contributed by atoms with Crippen LogP contribution >= 0.6 is 0 Å². The molecule has 4 nitrogen and oxygen atoms in total. The minimum Gasteiger partial charge on any atom is -0.496 e. The summed E-state index contributed by atoms with van der Waals surface area (Å²) in [6.45, 7) is 4.67. The molecular weight excluding hydrogens is 218 g/mol. The fourth-order valence-electron chi connectivity index (χ4n) is 1.59. The minimum absolute atomic E-state index is 0.378. The van der Waals surface area contributed by atoms with Gasteiger partial charge in [-0.3, -0.25) is 0 Å². The Bertz CT molecular complexity index is 388. The van der Waals surface area contributed by atoms with E-state index in [1.54, 1.807) is 7.11 Å². The molecule has 1 N–H and O–H groups in total. The quantitative estimate of drug-likeness (QED) is 0.875. The van der Waals surface area contributed by atoms with E-state index in [-0.39, 0.29) is 0 Å². The largest absolute Gasteiger partial charge is 0.496 e. The number of alkyl carbamates (subject to hydrolysis) is 1. The van der Waals surface area contributed by atoms with Gasteiger partial charge in [-0.2, -0.15) is 0 Å². The Balaban J connectivity index is 2.81. The smallest absolute Gasteiger partial charge is 0.407 e. The van der Waals surface area contributed by atoms with E-state index in [9.17, 15) is 4.79 Å². The summed E-state index contributed by atoms with van der Waals surface area (Å²) in [5.41, 5.74) is 2.16. The van der Waals surface area contributed by atoms with Crippen LogP contribution < -0.4 is 10.1 Å². The van der Waals surface area contributed by atoms with Gasteiger partial charge in [0.25, 0.3) is 0 Å². The third-order valence-electron chi connectivity index (χ3n) is 2.54. The van der Waals surface area contributed by atoms with E-state index in [0.717, 1.165) is 16.9 Å². The van der Waals surface area contributed by atoms with Crippen LogP contribution in [0.25, 0.3) is 0 Å². The van der Waals surface area contributed by atoms with Gasteiger partial charge < -0.3 is 14.8 Å². The van der Waals surface area contributed by atoms with E-state index in [4.69, 9.17) is 4.74 Å². The third-order valence-corrected chi connectivity index (χ3v) is 2.54. The molecule has 0 unspecified atom stereocenters. The lowest BCUT2D eigenvalue weighted by molar-refractivity contribution is 0.170. The molecule has 1 rings (SSSR count). The number of hydrogen-bond acceptors (Lipinski definition) is 3. The van der Waals surface area contributed by atoms with Crippen LogP contribution in [0.1, 0.15) is 30.9 Å². The van der Waals surface area contributed by atoms with Crippen LogP contribution in [-0.2, 0) is 11.3 Å². The zero-order valence-electron chi connectivity index (χ0n) is 10.7. The van der Waals surface area contributed by atoms with Gasteiger partial charge in [-0.1, -0.05) is 26.0 Å². The highest BCUT2D eigenvalue weighted by atomic mass is 16.5. The minimum atomic E-state index is -0.424. The first-order valence-corrected chi connectivity index (χ1v) is 5.57. The molecule has 0 aliphatic carbocycles. The average molecular weight is 237 g/mol. The predicted octanol–water partition coefficient (Wildman–Crippen LogP) is 2.67. The Morgan fingerprint density at radius 1 is 1.35 bits per heavy atom. The first kappa shape index (κ1) is 13.4. The van der Waals surface area contributed by atoms with Crippen molar-refractivity contribution in [2.24, 2.45) is 0 Å². The lowest BCUT2D eigenvalue weighted by Crippen LogP contribution is -2.22. The molecule has 1 aromatic carbocycles. The summed E-state index contributed by atoms with van der Waals surface area (Å²) in [5.74, 6) is 1.25. The second-order valence-electron chi connectivity index (χ2n) is 4.08. The second kappa shape index (κ2) is 6.13. The Labute approximate surface area is 102 Å². The zero-order valence-corrected chi connectivity index (χ0v) is 10.7. The molecule has 4 heteroatoms. The SMILES string of the molecule is COC(=O)NCc1ccc(OC)c(C(C)C)c1. The van der Waals surface area contributed by atoms with Crippen molar-refractivity contribution in [3.05, 3.63) is 29.3 Å². The number of methoxy groups -OCH3 is 2. The van der Waals surface area contributed by atoms with Crippen LogP contribution in [0.15, 0.2) is 18.2 Å². The summed E-state index contributed by atoms with van der Waals surface area (Å²) in [6.07, 6.45) is -0.424. The number of rotatable bonds is 4. The number of amides is 1. The van der Waals surface area contributed by atoms with Crippen molar-refractivity contribution < 1.29 is 14.3 Å². The van der Waals surface area contributed by atoms with Gasteiger partial charge in [0.1, 0.15) is 5.75 Å². The average Bonchev–Trinajstić information content (AvgIpc) is 2.35. The third kappa shape index (κ3) is 3.66. The molecule has 0 heterocycles. The Hall–Kier alpha value is -1.71. The zero-order chi connectivity index (χ0) is 12.8. The van der Waals surface area contributed by atoms with Crippen LogP contribution in [0.5, 0.6) is 5.75 Å². The molecule has 0 bridgehead atoms. The van der Waals surface area contributed by atoms with Crippen molar-refractivity contribution in [1.29, 1.82) is 0 Å². The van der Waals surface area contributed by atoms with Gasteiger partial charge in [-0.15, -0.1) is 0 Å². The number of carbonyl (C=O) groups excluding carboxylic acids is 1. The molecule has 0 saturated carbocycles. The molecular formula is C13H19NO3. The number of nitrogens with one attached hydrogen (secondary N) is 1. The van der Waals surface area contributed by atoms with E-state index >= 15 is 0 Å². The van der Waals surface area contributed by atoms with Crippen molar-refractivity contribution in [2.45, 2.75) is 26.3 Å².